The number of halogens is 6. The number of ether oxygens (including phenoxy) is 2. The Morgan fingerprint density at radius 2 is 0.852 bits per heavy atom. The lowest BCUT2D eigenvalue weighted by atomic mass is 10.1. The third kappa shape index (κ3) is 10.3. The van der Waals surface area contributed by atoms with E-state index in [1.807, 2.05) is 53.7 Å². The number of aryl methyl sites for hydroxylation is 8. The van der Waals surface area contributed by atoms with Crippen LogP contribution in [0.5, 0.6) is 11.5 Å². The van der Waals surface area contributed by atoms with Crippen molar-refractivity contribution in [1.29, 1.82) is 0 Å². The number of aromatic nitrogens is 6. The summed E-state index contributed by atoms with van der Waals surface area (Å²) in [6.07, 6.45) is -6.43. The summed E-state index contributed by atoms with van der Waals surface area (Å²) in [5.74, 6) is 0.0297. The largest absolute Gasteiger partial charge is 0.493 e. The molecule has 0 unspecified atom stereocenters. The van der Waals surface area contributed by atoms with Gasteiger partial charge in [-0.05, 0) is 101 Å². The van der Waals surface area contributed by atoms with E-state index in [9.17, 15) is 26.3 Å². The summed E-state index contributed by atoms with van der Waals surface area (Å²) >= 11 is 0. The molecule has 18 heteroatoms. The average Bonchev–Trinajstić information content (AvgIpc) is 3.91. The second kappa shape index (κ2) is 16.6. The molecule has 0 aliphatic carbocycles. The number of hydrogen-bond donors (Lipinski definition) is 0. The SMILES string of the molecule is Cc1cc(CCCOc2c(C)cc(-c3noc(C(F)(F)F)n3)cc2C)on1.Cc1cc(CCCOc2c(C)cc(-c3noc(C(F)(F)F)n3)cc2C)on1. The molecular formula is C36H36F6N6O6. The first-order valence-corrected chi connectivity index (χ1v) is 16.6. The Morgan fingerprint density at radius 3 is 1.13 bits per heavy atom. The zero-order chi connectivity index (χ0) is 39.2. The van der Waals surface area contributed by atoms with E-state index in [-0.39, 0.29) is 11.6 Å². The molecule has 0 saturated carbocycles. The van der Waals surface area contributed by atoms with Crippen molar-refractivity contribution in [2.45, 2.75) is 79.6 Å². The number of benzene rings is 2. The van der Waals surface area contributed by atoms with Crippen LogP contribution in [0.1, 0.15) is 69.8 Å². The third-order valence-electron chi connectivity index (χ3n) is 7.76. The van der Waals surface area contributed by atoms with Crippen LogP contribution in [0.2, 0.25) is 0 Å². The molecule has 4 aromatic heterocycles. The van der Waals surface area contributed by atoms with Gasteiger partial charge in [0.05, 0.1) is 24.6 Å². The van der Waals surface area contributed by atoms with Gasteiger partial charge in [-0.25, -0.2) is 0 Å². The Bertz CT molecular complexity index is 1970. The van der Waals surface area contributed by atoms with Gasteiger partial charge >= 0.3 is 24.1 Å². The quantitative estimate of drug-likeness (QED) is 0.0864. The van der Waals surface area contributed by atoms with Crippen LogP contribution in [0.15, 0.2) is 54.5 Å². The fourth-order valence-electron chi connectivity index (χ4n) is 5.44. The van der Waals surface area contributed by atoms with E-state index >= 15 is 0 Å². The standard InChI is InChI=1S/2C18H18F3N3O3/c2*1-10-7-13(16-22-17(27-24-16)18(19,20)21)8-11(2)15(10)25-6-4-5-14-9-12(3)23-26-14/h2*7-9H,4-6H2,1-3H3. The van der Waals surface area contributed by atoms with Gasteiger partial charge in [-0.3, -0.25) is 0 Å². The van der Waals surface area contributed by atoms with Crippen molar-refractivity contribution >= 4 is 0 Å². The van der Waals surface area contributed by atoms with Crippen LogP contribution in [0.3, 0.4) is 0 Å². The van der Waals surface area contributed by atoms with Crippen LogP contribution in [0.4, 0.5) is 26.3 Å². The van der Waals surface area contributed by atoms with Crippen molar-refractivity contribution in [3.8, 4) is 34.3 Å². The van der Waals surface area contributed by atoms with Crippen molar-refractivity contribution in [1.82, 2.24) is 30.6 Å². The minimum absolute atomic E-state index is 0.110. The lowest BCUT2D eigenvalue weighted by Gasteiger charge is -2.13. The lowest BCUT2D eigenvalue weighted by molar-refractivity contribution is -0.160. The highest BCUT2D eigenvalue weighted by atomic mass is 19.4. The summed E-state index contributed by atoms with van der Waals surface area (Å²) in [5.41, 5.74) is 5.66. The summed E-state index contributed by atoms with van der Waals surface area (Å²) in [7, 11) is 0. The normalized spacial score (nSPS) is 11.8. The highest BCUT2D eigenvalue weighted by molar-refractivity contribution is 5.62. The molecule has 0 radical (unpaired) electrons. The van der Waals surface area contributed by atoms with E-state index in [1.165, 1.54) is 0 Å². The van der Waals surface area contributed by atoms with Gasteiger partial charge in [0.1, 0.15) is 23.0 Å². The van der Waals surface area contributed by atoms with Crippen molar-refractivity contribution in [3.05, 3.63) is 93.3 Å². The van der Waals surface area contributed by atoms with Crippen LogP contribution in [-0.4, -0.2) is 43.8 Å². The maximum absolute atomic E-state index is 12.6. The Balaban J connectivity index is 0.000000208. The summed E-state index contributed by atoms with van der Waals surface area (Å²) in [6, 6.07) is 10.5. The van der Waals surface area contributed by atoms with Gasteiger partial charge in [0, 0.05) is 36.1 Å². The van der Waals surface area contributed by atoms with E-state index < -0.39 is 24.1 Å². The average molecular weight is 763 g/mol. The van der Waals surface area contributed by atoms with Gasteiger partial charge in [0.2, 0.25) is 11.6 Å². The minimum Gasteiger partial charge on any atom is -0.493 e. The van der Waals surface area contributed by atoms with Crippen molar-refractivity contribution in [2.24, 2.45) is 0 Å². The van der Waals surface area contributed by atoms with Gasteiger partial charge in [-0.15, -0.1) is 0 Å². The molecule has 0 aliphatic heterocycles. The molecule has 0 saturated heterocycles. The molecule has 2 aromatic carbocycles. The highest BCUT2D eigenvalue weighted by Crippen LogP contribution is 2.34. The molecule has 288 valence electrons. The number of hydrogen-bond acceptors (Lipinski definition) is 12. The fourth-order valence-corrected chi connectivity index (χ4v) is 5.44. The van der Waals surface area contributed by atoms with Gasteiger partial charge < -0.3 is 27.6 Å². The highest BCUT2D eigenvalue weighted by Gasteiger charge is 2.39. The van der Waals surface area contributed by atoms with E-state index in [1.54, 1.807) is 24.3 Å². The molecule has 54 heavy (non-hydrogen) atoms. The molecule has 0 spiro atoms. The van der Waals surface area contributed by atoms with Crippen LogP contribution >= 0.6 is 0 Å². The van der Waals surface area contributed by atoms with Gasteiger partial charge in [-0.2, -0.15) is 36.3 Å². The summed E-state index contributed by atoms with van der Waals surface area (Å²) in [4.78, 5) is 6.83. The topological polar surface area (TPSA) is 148 Å². The number of rotatable bonds is 12. The smallest absolute Gasteiger partial charge is 0.471 e. The molecule has 0 fully saturated rings. The molecule has 6 aromatic rings. The molecule has 0 N–H and O–H groups in total. The van der Waals surface area contributed by atoms with Crippen LogP contribution in [0, 0.1) is 41.5 Å². The lowest BCUT2D eigenvalue weighted by Crippen LogP contribution is -2.05. The van der Waals surface area contributed by atoms with Crippen LogP contribution in [-0.2, 0) is 25.2 Å². The van der Waals surface area contributed by atoms with E-state index in [2.05, 4.69) is 39.6 Å². The van der Waals surface area contributed by atoms with E-state index in [4.69, 9.17) is 18.5 Å². The summed E-state index contributed by atoms with van der Waals surface area (Å²) < 4.78 is 106. The predicted molar refractivity (Wildman–Crippen MR) is 179 cm³/mol. The first kappa shape index (κ1) is 39.5. The van der Waals surface area contributed by atoms with E-state index in [0.29, 0.717) is 48.7 Å². The van der Waals surface area contributed by atoms with Gasteiger partial charge in [0.15, 0.2) is 0 Å². The Kier molecular flexibility index (Phi) is 12.1. The summed E-state index contributed by atoms with van der Waals surface area (Å²) in [5, 5.41) is 14.5. The second-order valence-electron chi connectivity index (χ2n) is 12.5. The zero-order valence-corrected chi connectivity index (χ0v) is 30.1. The Morgan fingerprint density at radius 1 is 0.500 bits per heavy atom. The van der Waals surface area contributed by atoms with Crippen molar-refractivity contribution < 1.29 is 53.9 Å². The molecule has 0 atom stereocenters. The fraction of sp³-hybridized carbons (Fsp3) is 0.389. The molecule has 6 rings (SSSR count). The second-order valence-corrected chi connectivity index (χ2v) is 12.5. The molecular weight excluding hydrogens is 726 g/mol. The van der Waals surface area contributed by atoms with E-state index in [0.717, 1.165) is 58.0 Å². The van der Waals surface area contributed by atoms with Crippen LogP contribution in [0.25, 0.3) is 22.8 Å². The maximum atomic E-state index is 12.6. The predicted octanol–water partition coefficient (Wildman–Crippen LogP) is 9.36. The first-order chi connectivity index (χ1) is 25.5. The monoisotopic (exact) mass is 762 g/mol. The van der Waals surface area contributed by atoms with Crippen molar-refractivity contribution in [3.63, 3.8) is 0 Å². The molecule has 12 nitrogen and oxygen atoms in total. The molecule has 0 bridgehead atoms. The first-order valence-electron chi connectivity index (χ1n) is 16.6. The summed E-state index contributed by atoms with van der Waals surface area (Å²) in [6.45, 7) is 11.9. The van der Waals surface area contributed by atoms with Crippen molar-refractivity contribution in [2.75, 3.05) is 13.2 Å². The molecule has 0 aliphatic rings. The van der Waals surface area contributed by atoms with Gasteiger partial charge in [-0.1, -0.05) is 20.6 Å². The number of nitrogens with zero attached hydrogens (tertiary/aromatic N) is 6. The number of alkyl halides is 6. The Labute approximate surface area is 304 Å². The Hall–Kier alpha value is -5.68. The molecule has 0 amide bonds. The maximum Gasteiger partial charge on any atom is 0.471 e. The third-order valence-corrected chi connectivity index (χ3v) is 7.76. The van der Waals surface area contributed by atoms with Gasteiger partial charge in [0.25, 0.3) is 0 Å². The van der Waals surface area contributed by atoms with Crippen LogP contribution < -0.4 is 9.47 Å². The molecule has 4 heterocycles. The zero-order valence-electron chi connectivity index (χ0n) is 30.1. The minimum atomic E-state index is -4.67.